The number of aliphatic hydroxyl groups is 3. The molecule has 0 spiro atoms. The van der Waals surface area contributed by atoms with Gasteiger partial charge in [0.2, 0.25) is 0 Å². The van der Waals surface area contributed by atoms with Crippen LogP contribution in [0, 0.1) is 46.3 Å². The average molecular weight is 839 g/mol. The van der Waals surface area contributed by atoms with Crippen molar-refractivity contribution in [1.29, 1.82) is 0 Å². The van der Waals surface area contributed by atoms with Crippen LogP contribution in [0.25, 0.3) is 0 Å². The van der Waals surface area contributed by atoms with Crippen molar-refractivity contribution < 1.29 is 34.3 Å². The quantitative estimate of drug-likeness (QED) is 0.0478. The van der Waals surface area contributed by atoms with Crippen molar-refractivity contribution in [2.45, 2.75) is 239 Å². The molecule has 4 aliphatic carbocycles. The maximum Gasteiger partial charge on any atom is 0.305 e. The van der Waals surface area contributed by atoms with Crippen molar-refractivity contribution in [3.05, 3.63) is 36.0 Å². The van der Waals surface area contributed by atoms with E-state index in [-0.39, 0.29) is 24.1 Å². The van der Waals surface area contributed by atoms with Gasteiger partial charge in [0.15, 0.2) is 6.29 Å². The van der Waals surface area contributed by atoms with Crippen molar-refractivity contribution >= 4 is 5.97 Å². The largest absolute Gasteiger partial charge is 0.463 e. The van der Waals surface area contributed by atoms with Crippen LogP contribution in [0.4, 0.5) is 0 Å². The van der Waals surface area contributed by atoms with Gasteiger partial charge in [0.05, 0.1) is 6.10 Å². The van der Waals surface area contributed by atoms with Crippen molar-refractivity contribution in [1.82, 2.24) is 0 Å². The SMILES string of the molecule is C=C(C)[C@H](/C=C/[C@@H](C)[C@H]1CC[C@H]2[C@@H]3CC=C4C[C@@H](O[C@@H]5O[C@H](COC(=O)CCCCCCCCCCCCCCCCC)[C@@H](O)[C@H](O)[C@H]5O)CC[C@]4(C)[C@H]3CC[C@]12C)CC. The molecule has 0 amide bonds. The summed E-state index contributed by atoms with van der Waals surface area (Å²) in [5.41, 5.74) is 3.27. The lowest BCUT2D eigenvalue weighted by Crippen LogP contribution is -2.60. The van der Waals surface area contributed by atoms with Crippen LogP contribution < -0.4 is 0 Å². The third-order valence-electron chi connectivity index (χ3n) is 16.9. The van der Waals surface area contributed by atoms with Crippen molar-refractivity contribution in [3.8, 4) is 0 Å². The van der Waals surface area contributed by atoms with Gasteiger partial charge in [0, 0.05) is 6.42 Å². The van der Waals surface area contributed by atoms with Crippen LogP contribution in [0.15, 0.2) is 36.0 Å². The molecule has 0 bridgehead atoms. The molecular weight excluding hydrogens is 749 g/mol. The van der Waals surface area contributed by atoms with Gasteiger partial charge in [0.25, 0.3) is 0 Å². The highest BCUT2D eigenvalue weighted by Crippen LogP contribution is 2.67. The highest BCUT2D eigenvalue weighted by molar-refractivity contribution is 5.69. The first-order chi connectivity index (χ1) is 28.8. The lowest BCUT2D eigenvalue weighted by atomic mass is 9.47. The fourth-order valence-electron chi connectivity index (χ4n) is 13.0. The smallest absolute Gasteiger partial charge is 0.305 e. The van der Waals surface area contributed by atoms with E-state index < -0.39 is 30.7 Å². The molecule has 60 heavy (non-hydrogen) atoms. The first-order valence-corrected chi connectivity index (χ1v) is 25.4. The fourth-order valence-corrected chi connectivity index (χ4v) is 13.0. The Bertz CT molecular complexity index is 1370. The molecule has 0 aromatic rings. The van der Waals surface area contributed by atoms with E-state index >= 15 is 0 Å². The Kier molecular flexibility index (Phi) is 19.8. The Hall–Kier alpha value is -1.51. The molecule has 14 atom stereocenters. The number of carbonyl (C=O) groups excluding carboxylic acids is 1. The van der Waals surface area contributed by atoms with Gasteiger partial charge in [-0.3, -0.25) is 4.79 Å². The summed E-state index contributed by atoms with van der Waals surface area (Å²) in [7, 11) is 0. The van der Waals surface area contributed by atoms with E-state index in [9.17, 15) is 20.1 Å². The summed E-state index contributed by atoms with van der Waals surface area (Å²) in [6.45, 7) is 18.3. The standard InChI is InChI=1S/C53H90O7/c1-8-10-11-12-13-14-15-16-17-18-19-20-21-22-23-24-47(54)58-36-46-48(55)49(56)50(57)51(60-46)59-41-31-33-52(6)40(35-41)27-28-42-44-30-29-43(53(44,7)34-32-45(42)52)38(5)25-26-39(9-2)37(3)4/h25-27,38-39,41-46,48-51,55-57H,3,8-24,28-36H2,1-2,4-7H3/b26-25+/t38-,39+,41+,42+,43-,44+,45+,46-,48-,49+,50-,51-,52+,53-/m1/s1. The number of ether oxygens (including phenoxy) is 3. The molecule has 1 saturated heterocycles. The van der Waals surface area contributed by atoms with Gasteiger partial charge in [-0.2, -0.15) is 0 Å². The summed E-state index contributed by atoms with van der Waals surface area (Å²) >= 11 is 0. The minimum atomic E-state index is -1.45. The van der Waals surface area contributed by atoms with Crippen LogP contribution in [0.2, 0.25) is 0 Å². The van der Waals surface area contributed by atoms with Crippen LogP contribution in [0.3, 0.4) is 0 Å². The van der Waals surface area contributed by atoms with E-state index in [4.69, 9.17) is 14.2 Å². The second kappa shape index (κ2) is 24.0. The number of allylic oxidation sites excluding steroid dienone is 4. The van der Waals surface area contributed by atoms with E-state index in [1.807, 2.05) is 0 Å². The predicted octanol–water partition coefficient (Wildman–Crippen LogP) is 12.4. The van der Waals surface area contributed by atoms with E-state index in [1.165, 1.54) is 114 Å². The summed E-state index contributed by atoms with van der Waals surface area (Å²) in [6, 6.07) is 0. The molecule has 5 aliphatic rings. The highest BCUT2D eigenvalue weighted by Gasteiger charge is 2.59. The molecule has 1 aliphatic heterocycles. The zero-order chi connectivity index (χ0) is 43.3. The molecule has 344 valence electrons. The van der Waals surface area contributed by atoms with Gasteiger partial charge in [-0.05, 0) is 117 Å². The van der Waals surface area contributed by atoms with E-state index in [0.29, 0.717) is 29.6 Å². The lowest BCUT2D eigenvalue weighted by molar-refractivity contribution is -0.313. The normalized spacial score (nSPS) is 36.2. The van der Waals surface area contributed by atoms with Crippen LogP contribution in [0.5, 0.6) is 0 Å². The Morgan fingerprint density at radius 3 is 2.08 bits per heavy atom. The Morgan fingerprint density at radius 1 is 0.833 bits per heavy atom. The van der Waals surface area contributed by atoms with Gasteiger partial charge in [-0.25, -0.2) is 0 Å². The predicted molar refractivity (Wildman–Crippen MR) is 244 cm³/mol. The molecule has 0 unspecified atom stereocenters. The topological polar surface area (TPSA) is 105 Å². The lowest BCUT2D eigenvalue weighted by Gasteiger charge is -2.58. The minimum absolute atomic E-state index is 0.148. The third kappa shape index (κ3) is 12.6. The Labute approximate surface area is 367 Å². The molecule has 3 N–H and O–H groups in total. The van der Waals surface area contributed by atoms with Gasteiger partial charge >= 0.3 is 5.97 Å². The zero-order valence-corrected chi connectivity index (χ0v) is 39.2. The number of rotatable bonds is 25. The summed E-state index contributed by atoms with van der Waals surface area (Å²) in [6.07, 6.45) is 30.6. The van der Waals surface area contributed by atoms with E-state index in [0.717, 1.165) is 69.1 Å². The second-order valence-electron chi connectivity index (χ2n) is 21.0. The molecule has 0 aromatic carbocycles. The molecule has 1 heterocycles. The molecule has 7 heteroatoms. The number of hydrogen-bond donors (Lipinski definition) is 3. The number of hydrogen-bond acceptors (Lipinski definition) is 7. The van der Waals surface area contributed by atoms with Crippen LogP contribution in [0.1, 0.15) is 202 Å². The van der Waals surface area contributed by atoms with E-state index in [1.54, 1.807) is 0 Å². The van der Waals surface area contributed by atoms with Gasteiger partial charge in [-0.15, -0.1) is 0 Å². The average Bonchev–Trinajstić information content (AvgIpc) is 3.59. The summed E-state index contributed by atoms with van der Waals surface area (Å²) < 4.78 is 18.0. The number of esters is 1. The minimum Gasteiger partial charge on any atom is -0.463 e. The number of unbranched alkanes of at least 4 members (excludes halogenated alkanes) is 14. The number of aliphatic hydroxyl groups excluding tert-OH is 3. The fraction of sp³-hybridized carbons (Fsp3) is 0.868. The van der Waals surface area contributed by atoms with Gasteiger partial charge in [0.1, 0.15) is 31.0 Å². The van der Waals surface area contributed by atoms with Crippen LogP contribution in [-0.4, -0.2) is 64.7 Å². The van der Waals surface area contributed by atoms with Crippen molar-refractivity contribution in [2.24, 2.45) is 46.3 Å². The Balaban J connectivity index is 1.02. The maximum atomic E-state index is 12.6. The van der Waals surface area contributed by atoms with Gasteiger partial charge < -0.3 is 29.5 Å². The molecule has 5 rings (SSSR count). The third-order valence-corrected chi connectivity index (χ3v) is 16.9. The molecule has 7 nitrogen and oxygen atoms in total. The maximum absolute atomic E-state index is 12.6. The number of fused-ring (bicyclic) bond motifs is 5. The molecule has 3 saturated carbocycles. The van der Waals surface area contributed by atoms with E-state index in [2.05, 4.69) is 66.3 Å². The monoisotopic (exact) mass is 839 g/mol. The number of carbonyl (C=O) groups is 1. The van der Waals surface area contributed by atoms with Crippen molar-refractivity contribution in [2.75, 3.05) is 6.61 Å². The molecule has 4 fully saturated rings. The second-order valence-corrected chi connectivity index (χ2v) is 21.0. The summed E-state index contributed by atoms with van der Waals surface area (Å²) in [4.78, 5) is 12.6. The molecule has 0 radical (unpaired) electrons. The Morgan fingerprint density at radius 2 is 1.47 bits per heavy atom. The first-order valence-electron chi connectivity index (χ1n) is 25.4. The van der Waals surface area contributed by atoms with Crippen LogP contribution in [-0.2, 0) is 19.0 Å². The first kappa shape index (κ1) is 49.5. The molecule has 0 aromatic heterocycles. The van der Waals surface area contributed by atoms with Crippen LogP contribution >= 0.6 is 0 Å². The highest BCUT2D eigenvalue weighted by atomic mass is 16.7. The molecular formula is C53H90O7. The summed E-state index contributed by atoms with van der Waals surface area (Å²) in [5, 5.41) is 32.5. The summed E-state index contributed by atoms with van der Waals surface area (Å²) in [5.74, 6) is 3.62. The van der Waals surface area contributed by atoms with Crippen molar-refractivity contribution in [3.63, 3.8) is 0 Å². The van der Waals surface area contributed by atoms with Gasteiger partial charge in [-0.1, -0.05) is 160 Å². The zero-order valence-electron chi connectivity index (χ0n) is 39.2.